The number of hydrogen-bond donors (Lipinski definition) is 0. The molecule has 0 amide bonds. The van der Waals surface area contributed by atoms with E-state index in [2.05, 4.69) is 295 Å². The minimum atomic E-state index is -0.874. The standard InChI is InChI=1S/C136H87BN4/c1-7-35-88(36-8-1)94-49-31-52-97(75-94)100-67-71-116-114-61-27-29-65-126(114)138(128(116)82-100)106-69-73-124-130(86-106)140(135-118(122-78-102-47-19-21-55-108(102)110-57-23-25-59-112(110)122)63-34-64-119(135)123-79-103-48-20-22-56-109(103)111-58-24-26-60-113(111)123)132-84-105(99-54-33-51-96(77-99)90-39-11-3-12-40-90)85-133-134(132)137(124)125-74-70-107(139-127-66-30-28-62-115(127)117-72-68-101(83-129(117)139)98-53-32-50-95(76-98)89-37-9-2-10-38-89)87-131(125)141(133)136-120(92-43-15-5-16-44-92)80-104(91-41-13-4-14-42-91)81-121(136)93-45-17-6-18-46-93/h1-87H/i27D,28D,29D,30D,61D,62D,65D,66D,67D,68D,71D,72D,82D,83D. The molecule has 0 bridgehead atoms. The Hall–Kier alpha value is -18.4. The monoisotopic (exact) mass is 1800 g/mol. The molecule has 141 heavy (non-hydrogen) atoms. The van der Waals surface area contributed by atoms with E-state index in [4.69, 9.17) is 0 Å². The highest BCUT2D eigenvalue weighted by atomic mass is 15.2. The lowest BCUT2D eigenvalue weighted by molar-refractivity contribution is 1.17. The predicted octanol–water partition coefficient (Wildman–Crippen LogP) is 34.9. The molecule has 654 valence electrons. The van der Waals surface area contributed by atoms with E-state index in [1.54, 1.807) is 9.13 Å². The predicted molar refractivity (Wildman–Crippen MR) is 599 cm³/mol. The summed E-state index contributed by atoms with van der Waals surface area (Å²) in [4.78, 5) is 4.85. The van der Waals surface area contributed by atoms with Crippen LogP contribution in [0.5, 0.6) is 0 Å². The van der Waals surface area contributed by atoms with Gasteiger partial charge in [0.1, 0.15) is 0 Å². The molecule has 0 radical (unpaired) electrons. The van der Waals surface area contributed by atoms with Gasteiger partial charge >= 0.3 is 0 Å². The second-order valence-electron chi connectivity index (χ2n) is 36.5. The zero-order chi connectivity index (χ0) is 105. The maximum Gasteiger partial charge on any atom is 0.252 e. The van der Waals surface area contributed by atoms with E-state index in [9.17, 15) is 19.2 Å². The fourth-order valence-electron chi connectivity index (χ4n) is 22.3. The Balaban J connectivity index is 0.838. The Morgan fingerprint density at radius 1 is 0.177 bits per heavy atom. The van der Waals surface area contributed by atoms with E-state index in [0.29, 0.717) is 45.3 Å². The molecule has 26 aromatic rings. The van der Waals surface area contributed by atoms with Crippen LogP contribution in [-0.2, 0) is 0 Å². The summed E-state index contributed by atoms with van der Waals surface area (Å²) >= 11 is 0. The van der Waals surface area contributed by atoms with Crippen molar-refractivity contribution in [1.82, 2.24) is 9.13 Å². The van der Waals surface area contributed by atoms with Crippen molar-refractivity contribution >= 4 is 144 Å². The third-order valence-electron chi connectivity index (χ3n) is 28.7. The van der Waals surface area contributed by atoms with Crippen molar-refractivity contribution in [2.75, 3.05) is 9.80 Å². The van der Waals surface area contributed by atoms with E-state index in [1.807, 2.05) is 158 Å². The Morgan fingerprint density at radius 2 is 0.489 bits per heavy atom. The second-order valence-corrected chi connectivity index (χ2v) is 36.5. The summed E-state index contributed by atoms with van der Waals surface area (Å²) < 4.78 is 148. The molecule has 2 aliphatic heterocycles. The molecule has 4 nitrogen and oxygen atoms in total. The highest BCUT2D eigenvalue weighted by Crippen LogP contribution is 2.58. The lowest BCUT2D eigenvalue weighted by atomic mass is 9.33. The highest BCUT2D eigenvalue weighted by Gasteiger charge is 2.47. The van der Waals surface area contributed by atoms with E-state index in [1.165, 1.54) is 0 Å². The molecule has 0 N–H and O–H groups in total. The van der Waals surface area contributed by atoms with Crippen LogP contribution in [-0.4, -0.2) is 15.8 Å². The van der Waals surface area contributed by atoms with Crippen molar-refractivity contribution in [2.24, 2.45) is 0 Å². The zero-order valence-electron chi connectivity index (χ0n) is 90.0. The molecular formula is C136H87BN4. The van der Waals surface area contributed by atoms with Crippen LogP contribution < -0.4 is 26.2 Å². The summed E-state index contributed by atoms with van der Waals surface area (Å²) in [5, 5.41) is 8.03. The van der Waals surface area contributed by atoms with Crippen molar-refractivity contribution in [3.63, 3.8) is 0 Å². The maximum absolute atomic E-state index is 11.1. The number of anilines is 6. The number of fused-ring (bicyclic) bond motifs is 16. The van der Waals surface area contributed by atoms with Crippen molar-refractivity contribution in [1.29, 1.82) is 0 Å². The number of nitrogens with zero attached hydrogens (tertiary/aromatic N) is 4. The van der Waals surface area contributed by atoms with Gasteiger partial charge in [-0.1, -0.05) is 424 Å². The van der Waals surface area contributed by atoms with Crippen LogP contribution in [0.4, 0.5) is 34.1 Å². The van der Waals surface area contributed by atoms with Gasteiger partial charge in [-0.3, -0.25) is 0 Å². The second kappa shape index (κ2) is 33.3. The highest BCUT2D eigenvalue weighted by molar-refractivity contribution is 7.00. The first-order chi connectivity index (χ1) is 75.8. The molecule has 2 aromatic heterocycles. The van der Waals surface area contributed by atoms with Crippen molar-refractivity contribution in [3.05, 3.63) is 527 Å². The first-order valence-electron chi connectivity index (χ1n) is 54.7. The Labute approximate surface area is 838 Å². The molecule has 0 aliphatic carbocycles. The number of para-hydroxylation sites is 3. The van der Waals surface area contributed by atoms with E-state index < -0.39 is 55.1 Å². The third-order valence-corrected chi connectivity index (χ3v) is 28.7. The minimum Gasteiger partial charge on any atom is -0.310 e. The lowest BCUT2D eigenvalue weighted by Gasteiger charge is -2.46. The van der Waals surface area contributed by atoms with Gasteiger partial charge in [0.25, 0.3) is 6.71 Å². The lowest BCUT2D eigenvalue weighted by Crippen LogP contribution is -2.61. The number of rotatable bonds is 15. The smallest absolute Gasteiger partial charge is 0.252 e. The quantitative estimate of drug-likeness (QED) is 0.0751. The first kappa shape index (κ1) is 67.7. The average molecular weight is 1800 g/mol. The van der Waals surface area contributed by atoms with Gasteiger partial charge in [0.15, 0.2) is 0 Å². The summed E-state index contributed by atoms with van der Waals surface area (Å²) in [5.41, 5.74) is 24.0. The number of hydrogen-bond acceptors (Lipinski definition) is 2. The molecule has 0 saturated carbocycles. The normalized spacial score (nSPS) is 13.6. The van der Waals surface area contributed by atoms with Crippen LogP contribution in [0.25, 0.3) is 220 Å². The van der Waals surface area contributed by atoms with Crippen LogP contribution in [0.2, 0.25) is 0 Å². The molecule has 24 aromatic carbocycles. The number of aromatic nitrogens is 2. The molecule has 0 atom stereocenters. The summed E-state index contributed by atoms with van der Waals surface area (Å²) in [6.07, 6.45) is 0. The van der Waals surface area contributed by atoms with E-state index >= 15 is 0 Å². The van der Waals surface area contributed by atoms with Crippen molar-refractivity contribution < 1.29 is 19.2 Å². The fraction of sp³-hybridized carbons (Fsp3) is 0. The van der Waals surface area contributed by atoms with Crippen molar-refractivity contribution in [2.45, 2.75) is 0 Å². The fourth-order valence-corrected chi connectivity index (χ4v) is 22.3. The molecule has 4 heterocycles. The summed E-state index contributed by atoms with van der Waals surface area (Å²) in [6.45, 7) is -0.874. The third kappa shape index (κ3) is 13.4. The molecule has 0 fully saturated rings. The van der Waals surface area contributed by atoms with Crippen LogP contribution in [0, 0.1) is 0 Å². The zero-order valence-corrected chi connectivity index (χ0v) is 76.0. The first-order valence-corrected chi connectivity index (χ1v) is 47.7. The van der Waals surface area contributed by atoms with Crippen LogP contribution >= 0.6 is 0 Å². The van der Waals surface area contributed by atoms with Gasteiger partial charge in [-0.15, -0.1) is 0 Å². The van der Waals surface area contributed by atoms with Gasteiger partial charge in [0.05, 0.1) is 52.6 Å². The molecule has 28 rings (SSSR count). The van der Waals surface area contributed by atoms with E-state index in [-0.39, 0.29) is 91.0 Å². The van der Waals surface area contributed by atoms with Gasteiger partial charge in [0, 0.05) is 77.9 Å². The number of benzene rings is 24. The van der Waals surface area contributed by atoms with Gasteiger partial charge in [-0.05, 0) is 263 Å². The maximum atomic E-state index is 11.1. The van der Waals surface area contributed by atoms with Gasteiger partial charge in [0.2, 0.25) is 0 Å². The van der Waals surface area contributed by atoms with Crippen LogP contribution in [0.1, 0.15) is 19.2 Å². The molecular weight excluding hydrogens is 1700 g/mol. The van der Waals surface area contributed by atoms with Gasteiger partial charge < -0.3 is 18.9 Å². The summed E-state index contributed by atoms with van der Waals surface area (Å²) in [6, 6.07) is 147. The van der Waals surface area contributed by atoms with Gasteiger partial charge in [-0.25, -0.2) is 0 Å². The largest absolute Gasteiger partial charge is 0.310 e. The molecule has 0 spiro atoms. The topological polar surface area (TPSA) is 16.3 Å². The average Bonchev–Trinajstić information content (AvgIpc) is 1.66. The Bertz CT molecular complexity index is 10300. The van der Waals surface area contributed by atoms with Gasteiger partial charge in [-0.2, -0.15) is 0 Å². The van der Waals surface area contributed by atoms with Crippen LogP contribution in [0.15, 0.2) is 527 Å². The summed E-state index contributed by atoms with van der Waals surface area (Å²) in [5.74, 6) is 0. The van der Waals surface area contributed by atoms with Crippen molar-refractivity contribution in [3.8, 4) is 134 Å². The molecule has 2 aliphatic rings. The summed E-state index contributed by atoms with van der Waals surface area (Å²) in [7, 11) is 0. The molecule has 0 unspecified atom stereocenters. The Kier molecular flexibility index (Phi) is 16.0. The SMILES string of the molecule is [2H]c1c([2H])c([2H])c2c(c1[2H])c1c([2H])c([2H])c(-c3cccc(-c4ccccc4)c3)c([2H])c1n2-c1ccc2c(c1)N(c1c(-c3ccccc3)cc(-c3ccccc3)cc1-c1ccccc1)c1cc(-c3cccc(-c4ccccc4)c3)cc3c1B2c1ccc(-n2c4c([2H])c([2H])c([2H])c([2H])c4c4c([2H])c([2H])c(-c5cccc(-c6ccccc6)c5)c([2H])c42)cc1N3c1c(-c2cc3ccccc3c3ccccc23)cccc1-c1cc2ccccc2c2ccccc12. The minimum absolute atomic E-state index is 0.000174. The molecule has 5 heteroatoms. The van der Waals surface area contributed by atoms with Crippen LogP contribution in [0.3, 0.4) is 0 Å². The molecule has 0 saturated heterocycles. The Morgan fingerprint density at radius 3 is 0.901 bits per heavy atom. The van der Waals surface area contributed by atoms with E-state index in [0.717, 1.165) is 171 Å².